The maximum atomic E-state index is 12.3. The number of nitrogens with zero attached hydrogens (tertiary/aromatic N) is 1. The fourth-order valence-electron chi connectivity index (χ4n) is 3.66. The van der Waals surface area contributed by atoms with Crippen LogP contribution in [0.2, 0.25) is 0 Å². The molecule has 1 aliphatic heterocycles. The van der Waals surface area contributed by atoms with Crippen molar-refractivity contribution in [2.45, 2.75) is 19.3 Å². The van der Waals surface area contributed by atoms with Gasteiger partial charge < -0.3 is 29.0 Å². The Hall–Kier alpha value is -4.11. The molecule has 0 atom stereocenters. The molecule has 0 aromatic heterocycles. The molecular weight excluding hydrogens is 478 g/mol. The molecule has 0 radical (unpaired) electrons. The van der Waals surface area contributed by atoms with Gasteiger partial charge in [-0.05, 0) is 60.4 Å². The lowest BCUT2D eigenvalue weighted by Gasteiger charge is -2.16. The fraction of sp³-hybridized carbons (Fsp3) is 0.321. The smallest absolute Gasteiger partial charge is 0.415 e. The minimum absolute atomic E-state index is 0.116. The van der Waals surface area contributed by atoms with Crippen LogP contribution in [-0.4, -0.2) is 68.2 Å². The number of benzene rings is 2. The number of aliphatic hydroxyl groups is 1. The summed E-state index contributed by atoms with van der Waals surface area (Å²) in [5, 5.41) is 8.89. The molecule has 0 unspecified atom stereocenters. The van der Waals surface area contributed by atoms with Crippen LogP contribution in [0.1, 0.15) is 30.4 Å². The Morgan fingerprint density at radius 3 is 1.92 bits per heavy atom. The summed E-state index contributed by atoms with van der Waals surface area (Å²) in [7, 11) is 2.96. The second kappa shape index (κ2) is 13.8. The van der Waals surface area contributed by atoms with Crippen LogP contribution >= 0.6 is 0 Å². The van der Waals surface area contributed by atoms with Gasteiger partial charge in [0.2, 0.25) is 0 Å². The zero-order chi connectivity index (χ0) is 26.6. The third kappa shape index (κ3) is 8.22. The molecule has 37 heavy (non-hydrogen) atoms. The lowest BCUT2D eigenvalue weighted by atomic mass is 10.1. The summed E-state index contributed by atoms with van der Waals surface area (Å²) in [6.45, 7) is 1.38. The quantitative estimate of drug-likeness (QED) is 0.339. The van der Waals surface area contributed by atoms with E-state index in [1.807, 2.05) is 0 Å². The molecule has 0 bridgehead atoms. The van der Waals surface area contributed by atoms with Crippen molar-refractivity contribution in [1.29, 1.82) is 0 Å². The van der Waals surface area contributed by atoms with Crippen LogP contribution in [0.4, 0.5) is 4.79 Å². The van der Waals surface area contributed by atoms with Gasteiger partial charge in [-0.25, -0.2) is 4.79 Å². The normalized spacial score (nSPS) is 13.2. The van der Waals surface area contributed by atoms with Crippen LogP contribution in [0, 0.1) is 0 Å². The summed E-state index contributed by atoms with van der Waals surface area (Å²) in [5.74, 6) is 0.903. The zero-order valence-electron chi connectivity index (χ0n) is 21.0. The molecule has 1 saturated heterocycles. The minimum Gasteiger partial charge on any atom is -0.493 e. The largest absolute Gasteiger partial charge is 0.493 e. The number of hydrogen-bond donors (Lipinski definition) is 1. The second-order valence-electron chi connectivity index (χ2n) is 8.23. The molecule has 1 fully saturated rings. The molecule has 1 aliphatic rings. The first-order valence-electron chi connectivity index (χ1n) is 11.9. The van der Waals surface area contributed by atoms with Crippen molar-refractivity contribution in [2.24, 2.45) is 0 Å². The average molecular weight is 510 g/mol. The molecule has 1 heterocycles. The maximum absolute atomic E-state index is 12.3. The van der Waals surface area contributed by atoms with Crippen molar-refractivity contribution in [3.63, 3.8) is 0 Å². The highest BCUT2D eigenvalue weighted by molar-refractivity contribution is 6.10. The molecule has 1 amide bonds. The Morgan fingerprint density at radius 1 is 0.838 bits per heavy atom. The molecule has 0 spiro atoms. The van der Waals surface area contributed by atoms with E-state index in [2.05, 4.69) is 0 Å². The number of likely N-dealkylation sites (tertiary alicyclic amines) is 1. The van der Waals surface area contributed by atoms with Crippen molar-refractivity contribution in [3.8, 4) is 23.0 Å². The van der Waals surface area contributed by atoms with Gasteiger partial charge in [0.1, 0.15) is 6.61 Å². The Morgan fingerprint density at radius 2 is 1.38 bits per heavy atom. The van der Waals surface area contributed by atoms with Crippen LogP contribution in [0.3, 0.4) is 0 Å². The Kier molecular flexibility index (Phi) is 10.3. The summed E-state index contributed by atoms with van der Waals surface area (Å²) >= 11 is 0. The molecule has 9 heteroatoms. The van der Waals surface area contributed by atoms with Crippen molar-refractivity contribution in [2.75, 3.05) is 40.5 Å². The number of ether oxygens (including phenoxy) is 4. The summed E-state index contributed by atoms with van der Waals surface area (Å²) < 4.78 is 21.4. The number of amides is 1. The highest BCUT2D eigenvalue weighted by Crippen LogP contribution is 2.30. The molecule has 2 aromatic carbocycles. The van der Waals surface area contributed by atoms with Crippen molar-refractivity contribution < 1.29 is 38.4 Å². The van der Waals surface area contributed by atoms with Gasteiger partial charge in [0, 0.05) is 13.1 Å². The SMILES string of the molecule is COc1cc(C=CC(=O)CC(=O)C=Cc2ccc(OC(=O)N3CCCC3)c(OC)c2)ccc1OCCO. The first-order valence-corrected chi connectivity index (χ1v) is 11.9. The molecule has 9 nitrogen and oxygen atoms in total. The molecule has 1 N–H and O–H groups in total. The monoisotopic (exact) mass is 509 g/mol. The Bertz CT molecular complexity index is 1160. The summed E-state index contributed by atoms with van der Waals surface area (Å²) in [6.07, 6.45) is 7.05. The van der Waals surface area contributed by atoms with Gasteiger partial charge >= 0.3 is 6.09 Å². The van der Waals surface area contributed by atoms with Gasteiger partial charge in [0.25, 0.3) is 0 Å². The summed E-state index contributed by atoms with van der Waals surface area (Å²) in [4.78, 5) is 38.4. The fourth-order valence-corrected chi connectivity index (χ4v) is 3.66. The third-order valence-corrected chi connectivity index (χ3v) is 5.56. The molecule has 2 aromatic rings. The van der Waals surface area contributed by atoms with Gasteiger partial charge in [-0.15, -0.1) is 0 Å². The zero-order valence-corrected chi connectivity index (χ0v) is 21.0. The molecular formula is C28H31NO8. The van der Waals surface area contributed by atoms with E-state index in [0.29, 0.717) is 47.2 Å². The molecule has 0 saturated carbocycles. The van der Waals surface area contributed by atoms with Crippen LogP contribution in [0.5, 0.6) is 23.0 Å². The highest BCUT2D eigenvalue weighted by atomic mass is 16.6. The average Bonchev–Trinajstić information content (AvgIpc) is 3.45. The number of allylic oxidation sites excluding steroid dienone is 2. The maximum Gasteiger partial charge on any atom is 0.415 e. The number of methoxy groups -OCH3 is 2. The van der Waals surface area contributed by atoms with Crippen molar-refractivity contribution >= 4 is 29.8 Å². The number of carbonyl (C=O) groups excluding carboxylic acids is 3. The van der Waals surface area contributed by atoms with Crippen molar-refractivity contribution in [3.05, 3.63) is 59.7 Å². The number of hydrogen-bond acceptors (Lipinski definition) is 8. The van der Waals surface area contributed by atoms with E-state index in [0.717, 1.165) is 12.8 Å². The van der Waals surface area contributed by atoms with Crippen LogP contribution in [0.15, 0.2) is 48.6 Å². The highest BCUT2D eigenvalue weighted by Gasteiger charge is 2.21. The number of rotatable bonds is 12. The first-order chi connectivity index (χ1) is 17.9. The van der Waals surface area contributed by atoms with Gasteiger partial charge in [-0.2, -0.15) is 0 Å². The lowest BCUT2D eigenvalue weighted by molar-refractivity contribution is -0.121. The molecule has 0 aliphatic carbocycles. The molecule has 196 valence electrons. The second-order valence-corrected chi connectivity index (χ2v) is 8.23. The van der Waals surface area contributed by atoms with Gasteiger partial charge in [0.15, 0.2) is 34.6 Å². The van der Waals surface area contributed by atoms with Gasteiger partial charge in [-0.1, -0.05) is 24.3 Å². The minimum atomic E-state index is -0.412. The standard InChI is InChI=1S/C28H31NO8/c1-34-26-17-20(7-11-24(26)36-16-15-30)5-9-22(31)19-23(32)10-6-21-8-12-25(27(18-21)35-2)37-28(33)29-13-3-4-14-29/h5-12,17-18,30H,3-4,13-16,19H2,1-2H3. The first kappa shape index (κ1) is 27.5. The number of aliphatic hydroxyl groups excluding tert-OH is 1. The summed E-state index contributed by atoms with van der Waals surface area (Å²) in [6, 6.07) is 10.1. The van der Waals surface area contributed by atoms with E-state index in [-0.39, 0.29) is 31.2 Å². The van der Waals surface area contributed by atoms with Crippen molar-refractivity contribution in [1.82, 2.24) is 4.90 Å². The Labute approximate surface area is 215 Å². The predicted octanol–water partition coefficient (Wildman–Crippen LogP) is 3.92. The summed E-state index contributed by atoms with van der Waals surface area (Å²) in [5.41, 5.74) is 1.35. The van der Waals surface area contributed by atoms with E-state index >= 15 is 0 Å². The van der Waals surface area contributed by atoms with Crippen LogP contribution < -0.4 is 18.9 Å². The number of ketones is 2. The van der Waals surface area contributed by atoms with E-state index in [1.54, 1.807) is 53.5 Å². The van der Waals surface area contributed by atoms with E-state index in [1.165, 1.54) is 26.4 Å². The van der Waals surface area contributed by atoms with E-state index in [4.69, 9.17) is 24.1 Å². The predicted molar refractivity (Wildman–Crippen MR) is 138 cm³/mol. The molecule has 3 rings (SSSR count). The van der Waals surface area contributed by atoms with E-state index < -0.39 is 6.09 Å². The van der Waals surface area contributed by atoms with E-state index in [9.17, 15) is 14.4 Å². The van der Waals surface area contributed by atoms with Crippen LogP contribution in [0.25, 0.3) is 12.2 Å². The third-order valence-electron chi connectivity index (χ3n) is 5.56. The number of carbonyl (C=O) groups is 3. The topological polar surface area (TPSA) is 112 Å². The Balaban J connectivity index is 1.55. The van der Waals surface area contributed by atoms with Gasteiger partial charge in [-0.3, -0.25) is 9.59 Å². The lowest BCUT2D eigenvalue weighted by Crippen LogP contribution is -2.30. The van der Waals surface area contributed by atoms with Crippen LogP contribution in [-0.2, 0) is 9.59 Å². The van der Waals surface area contributed by atoms with Gasteiger partial charge in [0.05, 0.1) is 27.2 Å².